The molecule has 2 atom stereocenters. The van der Waals surface area contributed by atoms with E-state index in [1.54, 1.807) is 11.8 Å². The zero-order valence-electron chi connectivity index (χ0n) is 10.5. The molecule has 0 heterocycles. The highest BCUT2D eigenvalue weighted by Crippen LogP contribution is 2.42. The molecule has 19 heavy (non-hydrogen) atoms. The Balaban J connectivity index is 2.33. The molecule has 2 aromatic carbocycles. The summed E-state index contributed by atoms with van der Waals surface area (Å²) < 4.78 is 1.08. The van der Waals surface area contributed by atoms with Gasteiger partial charge < -0.3 is 5.73 Å². The highest BCUT2D eigenvalue weighted by Gasteiger charge is 2.20. The van der Waals surface area contributed by atoms with Gasteiger partial charge in [-0.25, -0.2) is 0 Å². The van der Waals surface area contributed by atoms with Crippen molar-refractivity contribution in [3.63, 3.8) is 0 Å². The van der Waals surface area contributed by atoms with Crippen molar-refractivity contribution in [2.24, 2.45) is 5.73 Å². The van der Waals surface area contributed by atoms with Gasteiger partial charge in [0.2, 0.25) is 0 Å². The van der Waals surface area contributed by atoms with Crippen LogP contribution in [-0.2, 0) is 0 Å². The van der Waals surface area contributed by atoms with Gasteiger partial charge >= 0.3 is 0 Å². The Morgan fingerprint density at radius 1 is 1.11 bits per heavy atom. The van der Waals surface area contributed by atoms with Crippen LogP contribution in [-0.4, -0.2) is 6.04 Å². The maximum atomic E-state index is 6.29. The number of halogens is 2. The molecule has 0 spiro atoms. The van der Waals surface area contributed by atoms with Gasteiger partial charge in [0.05, 0.1) is 5.25 Å². The molecule has 100 valence electrons. The standard InChI is InChI=1S/C15H15BrClNS/c1-10(18)15(11-6-2-4-8-13(11)17)19-14-9-5-3-7-12(14)16/h2-10,15H,18H2,1H3. The van der Waals surface area contributed by atoms with Crippen LogP contribution < -0.4 is 5.73 Å². The summed E-state index contributed by atoms with van der Waals surface area (Å²) in [6, 6.07) is 16.0. The zero-order chi connectivity index (χ0) is 13.8. The molecule has 2 unspecified atom stereocenters. The van der Waals surface area contributed by atoms with E-state index in [4.69, 9.17) is 17.3 Å². The van der Waals surface area contributed by atoms with Crippen molar-refractivity contribution in [3.05, 3.63) is 63.6 Å². The Labute approximate surface area is 131 Å². The van der Waals surface area contributed by atoms with Crippen LogP contribution in [0.1, 0.15) is 17.7 Å². The molecular formula is C15H15BrClNS. The number of thioether (sulfide) groups is 1. The molecule has 0 aliphatic heterocycles. The Hall–Kier alpha value is -0.480. The first-order valence-electron chi connectivity index (χ1n) is 6.01. The highest BCUT2D eigenvalue weighted by atomic mass is 79.9. The predicted octanol–water partition coefficient (Wildman–Crippen LogP) is 5.28. The average molecular weight is 357 g/mol. The van der Waals surface area contributed by atoms with Crippen LogP contribution in [0.5, 0.6) is 0 Å². The van der Waals surface area contributed by atoms with Gasteiger partial charge in [0, 0.05) is 20.4 Å². The van der Waals surface area contributed by atoms with Crippen LogP contribution in [0.4, 0.5) is 0 Å². The molecule has 1 nitrogen and oxygen atoms in total. The smallest absolute Gasteiger partial charge is 0.0507 e. The van der Waals surface area contributed by atoms with E-state index in [1.165, 1.54) is 4.90 Å². The summed E-state index contributed by atoms with van der Waals surface area (Å²) in [7, 11) is 0. The van der Waals surface area contributed by atoms with Crippen molar-refractivity contribution in [3.8, 4) is 0 Å². The van der Waals surface area contributed by atoms with Gasteiger partial charge in [0.15, 0.2) is 0 Å². The van der Waals surface area contributed by atoms with Gasteiger partial charge in [0.25, 0.3) is 0 Å². The van der Waals surface area contributed by atoms with Crippen molar-refractivity contribution in [2.45, 2.75) is 23.1 Å². The van der Waals surface area contributed by atoms with E-state index in [0.717, 1.165) is 15.1 Å². The Bertz CT molecular complexity index is 559. The largest absolute Gasteiger partial charge is 0.327 e. The van der Waals surface area contributed by atoms with E-state index in [2.05, 4.69) is 22.0 Å². The normalized spacial score (nSPS) is 14.1. The lowest BCUT2D eigenvalue weighted by Gasteiger charge is -2.22. The SMILES string of the molecule is CC(N)C(Sc1ccccc1Br)c1ccccc1Cl. The topological polar surface area (TPSA) is 26.0 Å². The van der Waals surface area contributed by atoms with Crippen molar-refractivity contribution < 1.29 is 0 Å². The highest BCUT2D eigenvalue weighted by molar-refractivity contribution is 9.10. The minimum Gasteiger partial charge on any atom is -0.327 e. The van der Waals surface area contributed by atoms with E-state index >= 15 is 0 Å². The minimum atomic E-state index is 0.0111. The van der Waals surface area contributed by atoms with Gasteiger partial charge in [0.1, 0.15) is 0 Å². The van der Waals surface area contributed by atoms with Gasteiger partial charge in [-0.05, 0) is 46.6 Å². The molecule has 0 radical (unpaired) electrons. The molecule has 2 aromatic rings. The first-order valence-corrected chi connectivity index (χ1v) is 8.06. The second-order valence-electron chi connectivity index (χ2n) is 4.35. The van der Waals surface area contributed by atoms with Crippen LogP contribution in [0.15, 0.2) is 57.9 Å². The third kappa shape index (κ3) is 3.76. The van der Waals surface area contributed by atoms with Crippen LogP contribution in [0.25, 0.3) is 0 Å². The second-order valence-corrected chi connectivity index (χ2v) is 6.79. The van der Waals surface area contributed by atoms with Crippen molar-refractivity contribution in [1.29, 1.82) is 0 Å². The molecule has 0 fully saturated rings. The molecule has 0 saturated heterocycles. The lowest BCUT2D eigenvalue weighted by molar-refractivity contribution is 0.721. The maximum Gasteiger partial charge on any atom is 0.0507 e. The molecule has 0 bridgehead atoms. The number of rotatable bonds is 4. The Morgan fingerprint density at radius 2 is 1.74 bits per heavy atom. The average Bonchev–Trinajstić information content (AvgIpc) is 2.38. The predicted molar refractivity (Wildman–Crippen MR) is 87.8 cm³/mol. The first kappa shape index (κ1) is 14.9. The Kier molecular flexibility index (Phi) is 5.34. The van der Waals surface area contributed by atoms with E-state index in [1.807, 2.05) is 49.4 Å². The van der Waals surface area contributed by atoms with Gasteiger partial charge in [-0.2, -0.15) is 0 Å². The Morgan fingerprint density at radius 3 is 2.37 bits per heavy atom. The van der Waals surface area contributed by atoms with Crippen LogP contribution in [0.2, 0.25) is 5.02 Å². The molecule has 0 saturated carbocycles. The number of hydrogen-bond acceptors (Lipinski definition) is 2. The number of benzene rings is 2. The fourth-order valence-electron chi connectivity index (χ4n) is 1.84. The zero-order valence-corrected chi connectivity index (χ0v) is 13.7. The van der Waals surface area contributed by atoms with E-state index in [-0.39, 0.29) is 11.3 Å². The lowest BCUT2D eigenvalue weighted by atomic mass is 10.1. The fourth-order valence-corrected chi connectivity index (χ4v) is 3.88. The summed E-state index contributed by atoms with van der Waals surface area (Å²) in [5.41, 5.74) is 7.22. The monoisotopic (exact) mass is 355 g/mol. The van der Waals surface area contributed by atoms with Gasteiger partial charge in [-0.3, -0.25) is 0 Å². The van der Waals surface area contributed by atoms with Crippen molar-refractivity contribution >= 4 is 39.3 Å². The minimum absolute atomic E-state index is 0.0111. The van der Waals surface area contributed by atoms with E-state index in [0.29, 0.717) is 0 Å². The fraction of sp³-hybridized carbons (Fsp3) is 0.200. The van der Waals surface area contributed by atoms with Crippen LogP contribution in [0, 0.1) is 0 Å². The summed E-state index contributed by atoms with van der Waals surface area (Å²) in [5, 5.41) is 0.900. The molecule has 0 aliphatic carbocycles. The lowest BCUT2D eigenvalue weighted by Crippen LogP contribution is -2.22. The maximum absolute atomic E-state index is 6.29. The summed E-state index contributed by atoms with van der Waals surface area (Å²) in [4.78, 5) is 1.17. The van der Waals surface area contributed by atoms with E-state index in [9.17, 15) is 0 Å². The molecular weight excluding hydrogens is 342 g/mol. The summed E-state index contributed by atoms with van der Waals surface area (Å²) in [6.07, 6.45) is 0. The molecule has 0 aliphatic rings. The van der Waals surface area contributed by atoms with Crippen molar-refractivity contribution in [1.82, 2.24) is 0 Å². The van der Waals surface area contributed by atoms with Crippen molar-refractivity contribution in [2.75, 3.05) is 0 Å². The second kappa shape index (κ2) is 6.80. The summed E-state index contributed by atoms with van der Waals surface area (Å²) >= 11 is 11.6. The van der Waals surface area contributed by atoms with Gasteiger partial charge in [-0.1, -0.05) is 41.9 Å². The molecule has 0 aromatic heterocycles. The molecule has 2 N–H and O–H groups in total. The van der Waals surface area contributed by atoms with E-state index < -0.39 is 0 Å². The first-order chi connectivity index (χ1) is 9.09. The molecule has 0 amide bonds. The van der Waals surface area contributed by atoms with Gasteiger partial charge in [-0.15, -0.1) is 11.8 Å². The quantitative estimate of drug-likeness (QED) is 0.754. The molecule has 4 heteroatoms. The van der Waals surface area contributed by atoms with Crippen LogP contribution in [0.3, 0.4) is 0 Å². The third-order valence-electron chi connectivity index (χ3n) is 2.78. The number of nitrogens with two attached hydrogens (primary N) is 1. The van der Waals surface area contributed by atoms with Crippen LogP contribution >= 0.6 is 39.3 Å². The summed E-state index contributed by atoms with van der Waals surface area (Å²) in [5.74, 6) is 0. The summed E-state index contributed by atoms with van der Waals surface area (Å²) in [6.45, 7) is 2.01. The third-order valence-corrected chi connectivity index (χ3v) is 5.63. The number of hydrogen-bond donors (Lipinski definition) is 1. The molecule has 2 rings (SSSR count).